The maximum Gasteiger partial charge on any atom is 0.198 e. The molecule has 10 aromatic rings. The molecule has 64 heavy (non-hydrogen) atoms. The molecule has 0 unspecified atom stereocenters. The van der Waals surface area contributed by atoms with Crippen molar-refractivity contribution in [1.82, 2.24) is 0 Å². The second-order valence-electron chi connectivity index (χ2n) is 20.2. The minimum absolute atomic E-state index is 0.0472. The average Bonchev–Trinajstić information content (AvgIpc) is 3.88. The van der Waals surface area contributed by atoms with Crippen molar-refractivity contribution < 1.29 is 8.83 Å². The smallest absolute Gasteiger partial charge is 0.198 e. The Kier molecular flexibility index (Phi) is 7.66. The van der Waals surface area contributed by atoms with Crippen LogP contribution in [0.2, 0.25) is 0 Å². The van der Waals surface area contributed by atoms with Gasteiger partial charge in [0.2, 0.25) is 0 Å². The molecule has 13 rings (SSSR count). The zero-order valence-corrected chi connectivity index (χ0v) is 37.2. The molecule has 2 aromatic heterocycles. The summed E-state index contributed by atoms with van der Waals surface area (Å²) in [6.07, 6.45) is 2.33. The van der Waals surface area contributed by atoms with Gasteiger partial charge in [0.25, 0.3) is 0 Å². The lowest BCUT2D eigenvalue weighted by atomic mass is 9.55. The molecule has 0 atom stereocenters. The minimum Gasteiger partial charge on any atom is -0.455 e. The summed E-state index contributed by atoms with van der Waals surface area (Å²) in [5.74, 6) is 0. The highest BCUT2D eigenvalue weighted by Gasteiger charge is 2.45. The molecule has 0 fully saturated rings. The summed E-state index contributed by atoms with van der Waals surface area (Å²) in [6.45, 7) is 14.6. The van der Waals surface area contributed by atoms with Crippen molar-refractivity contribution in [2.45, 2.75) is 70.6 Å². The van der Waals surface area contributed by atoms with Crippen LogP contribution in [-0.4, -0.2) is 7.28 Å². The Morgan fingerprint density at radius 1 is 0.500 bits per heavy atom. The van der Waals surface area contributed by atoms with Gasteiger partial charge in [0, 0.05) is 55.1 Å². The van der Waals surface area contributed by atoms with Crippen molar-refractivity contribution in [3.05, 3.63) is 174 Å². The fraction of sp³-hybridized carbons (Fsp3) is 0.186. The van der Waals surface area contributed by atoms with Gasteiger partial charge in [-0.05, 0) is 105 Å². The Hall–Kier alpha value is -6.98. The Morgan fingerprint density at radius 2 is 1.16 bits per heavy atom. The quantitative estimate of drug-likeness (QED) is 0.180. The average molecular weight is 828 g/mol. The molecule has 1 aliphatic carbocycles. The van der Waals surface area contributed by atoms with Crippen LogP contribution in [0.3, 0.4) is 0 Å². The number of rotatable bonds is 4. The van der Waals surface area contributed by atoms with E-state index < -0.39 is 0 Å². The molecule has 309 valence electrons. The second kappa shape index (κ2) is 13.0. The molecule has 4 nitrogen and oxygen atoms in total. The molecule has 2 aliphatic heterocycles. The fourth-order valence-corrected chi connectivity index (χ4v) is 11.5. The first-order valence-corrected chi connectivity index (χ1v) is 22.8. The van der Waals surface area contributed by atoms with Gasteiger partial charge in [0.05, 0.1) is 11.4 Å². The number of hydrogen-bond donors (Lipinski definition) is 1. The van der Waals surface area contributed by atoms with Crippen LogP contribution in [-0.2, 0) is 16.2 Å². The molecule has 5 heteroatoms. The molecule has 0 spiro atoms. The number of nitrogens with zero attached hydrogens (tertiary/aromatic N) is 1. The van der Waals surface area contributed by atoms with Gasteiger partial charge in [-0.15, -0.1) is 0 Å². The van der Waals surface area contributed by atoms with E-state index in [1.54, 1.807) is 0 Å². The number of para-hydroxylation sites is 4. The first-order valence-electron chi connectivity index (χ1n) is 22.8. The summed E-state index contributed by atoms with van der Waals surface area (Å²) in [4.78, 5) is 2.62. The van der Waals surface area contributed by atoms with Crippen molar-refractivity contribution in [3.63, 3.8) is 0 Å². The summed E-state index contributed by atoms with van der Waals surface area (Å²) >= 11 is 0. The second-order valence-corrected chi connectivity index (χ2v) is 20.2. The molecule has 3 aliphatic rings. The van der Waals surface area contributed by atoms with Gasteiger partial charge >= 0.3 is 0 Å². The largest absolute Gasteiger partial charge is 0.455 e. The van der Waals surface area contributed by atoms with Crippen molar-refractivity contribution in [2.24, 2.45) is 0 Å². The number of benzene rings is 8. The zero-order valence-electron chi connectivity index (χ0n) is 37.2. The van der Waals surface area contributed by atoms with Crippen molar-refractivity contribution in [1.29, 1.82) is 0 Å². The molecule has 8 aromatic carbocycles. The number of anilines is 5. The fourth-order valence-electron chi connectivity index (χ4n) is 11.5. The third kappa shape index (κ3) is 5.24. The van der Waals surface area contributed by atoms with E-state index in [2.05, 4.69) is 199 Å². The molecular weight excluding hydrogens is 779 g/mol. The highest BCUT2D eigenvalue weighted by atomic mass is 16.3. The molecular formula is C59H48BN2O2. The molecule has 4 heterocycles. The predicted octanol–water partition coefficient (Wildman–Crippen LogP) is 15.0. The van der Waals surface area contributed by atoms with Crippen LogP contribution in [0.1, 0.15) is 76.6 Å². The van der Waals surface area contributed by atoms with E-state index in [0.29, 0.717) is 0 Å². The van der Waals surface area contributed by atoms with Gasteiger partial charge < -0.3 is 19.1 Å². The van der Waals surface area contributed by atoms with Gasteiger partial charge in [0.15, 0.2) is 12.9 Å². The molecule has 1 N–H and O–H groups in total. The van der Waals surface area contributed by atoms with Crippen LogP contribution in [0.5, 0.6) is 0 Å². The van der Waals surface area contributed by atoms with Crippen molar-refractivity contribution in [3.8, 4) is 22.3 Å². The predicted molar refractivity (Wildman–Crippen MR) is 269 cm³/mol. The maximum absolute atomic E-state index is 7.10. The van der Waals surface area contributed by atoms with Gasteiger partial charge in [-0.2, -0.15) is 0 Å². The first kappa shape index (κ1) is 37.6. The standard InChI is InChI=1S/C59H48BN2O2/c1-57(2)28-29-58(3,4)43-33-48-44(32-42(43)57)59(5,6)41-21-15-22-45-54(41)62(48)49-31-39-37-19-11-13-25-51(37)64-56(39)52(53(49)60-45)40-30-35(34-16-8-7-9-17-34)26-27-46(40)61-47-23-14-20-38-36-18-10-12-24-50(36)63-55(38)47/h7-27,30-33,61H,28-29H2,1-6H3. The van der Waals surface area contributed by atoms with Crippen molar-refractivity contribution in [2.75, 3.05) is 10.2 Å². The highest BCUT2D eigenvalue weighted by Crippen LogP contribution is 2.57. The Labute approximate surface area is 374 Å². The van der Waals surface area contributed by atoms with Gasteiger partial charge in [0.1, 0.15) is 16.7 Å². The molecule has 0 amide bonds. The van der Waals surface area contributed by atoms with Crippen molar-refractivity contribution >= 4 is 90.5 Å². The van der Waals surface area contributed by atoms with E-state index in [1.807, 2.05) is 12.1 Å². The first-order chi connectivity index (χ1) is 31.0. The van der Waals surface area contributed by atoms with Crippen LogP contribution in [0.15, 0.2) is 160 Å². The third-order valence-corrected chi connectivity index (χ3v) is 15.1. The Balaban J connectivity index is 1.13. The highest BCUT2D eigenvalue weighted by molar-refractivity contribution is 6.74. The van der Waals surface area contributed by atoms with E-state index >= 15 is 0 Å². The molecule has 1 radical (unpaired) electrons. The number of nitrogens with one attached hydrogen (secondary N) is 1. The number of fused-ring (bicyclic) bond motifs is 11. The van der Waals surface area contributed by atoms with Crippen LogP contribution in [0, 0.1) is 0 Å². The summed E-state index contributed by atoms with van der Waals surface area (Å²) in [5, 5.41) is 8.33. The SMILES string of the molecule is CC1(C)CCC(C)(C)c2cc3c(cc21)N1c2cc4c(oc5ccccc54)c(-c4cc(-c5ccccc5)ccc4Nc4cccc5c4oc4ccccc45)c2[B]c2cccc(c21)C3(C)C. The van der Waals surface area contributed by atoms with Gasteiger partial charge in [-0.1, -0.05) is 156 Å². The normalized spacial score (nSPS) is 16.3. The van der Waals surface area contributed by atoms with Gasteiger partial charge in [-0.3, -0.25) is 0 Å². The van der Waals surface area contributed by atoms with Gasteiger partial charge in [-0.25, -0.2) is 0 Å². The van der Waals surface area contributed by atoms with E-state index in [-0.39, 0.29) is 16.2 Å². The third-order valence-electron chi connectivity index (χ3n) is 15.1. The monoisotopic (exact) mass is 827 g/mol. The zero-order chi connectivity index (χ0) is 43.3. The lowest BCUT2D eigenvalue weighted by molar-refractivity contribution is 0.331. The summed E-state index contributed by atoms with van der Waals surface area (Å²) in [5.41, 5.74) is 21.4. The molecule has 0 bridgehead atoms. The lowest BCUT2D eigenvalue weighted by Gasteiger charge is -2.49. The summed E-state index contributed by atoms with van der Waals surface area (Å²) < 4.78 is 13.7. The lowest BCUT2D eigenvalue weighted by Crippen LogP contribution is -2.46. The van der Waals surface area contributed by atoms with Crippen LogP contribution < -0.4 is 21.1 Å². The van der Waals surface area contributed by atoms with Crippen LogP contribution in [0.25, 0.3) is 66.1 Å². The Bertz CT molecular complexity index is 3610. The number of furan rings is 2. The topological polar surface area (TPSA) is 41.6 Å². The maximum atomic E-state index is 7.10. The molecule has 0 saturated heterocycles. The van der Waals surface area contributed by atoms with E-state index in [9.17, 15) is 0 Å². The summed E-state index contributed by atoms with van der Waals surface area (Å²) in [7, 11) is 2.43. The number of hydrogen-bond acceptors (Lipinski definition) is 4. The molecule has 0 saturated carbocycles. The van der Waals surface area contributed by atoms with Crippen LogP contribution in [0.4, 0.5) is 28.4 Å². The minimum atomic E-state index is -0.219. The van der Waals surface area contributed by atoms with E-state index in [1.165, 1.54) is 45.5 Å². The van der Waals surface area contributed by atoms with E-state index in [4.69, 9.17) is 8.83 Å². The Morgan fingerprint density at radius 3 is 1.92 bits per heavy atom. The van der Waals surface area contributed by atoms with Crippen LogP contribution >= 0.6 is 0 Å². The van der Waals surface area contributed by atoms with E-state index in [0.717, 1.165) is 95.1 Å². The summed E-state index contributed by atoms with van der Waals surface area (Å²) in [6, 6.07) is 55.2.